The molecule has 21 heavy (non-hydrogen) atoms. The molecule has 1 aromatic carbocycles. The van der Waals surface area contributed by atoms with E-state index in [1.165, 1.54) is 5.56 Å². The summed E-state index contributed by atoms with van der Waals surface area (Å²) in [6, 6.07) is 8.40. The highest BCUT2D eigenvalue weighted by molar-refractivity contribution is 9.10. The summed E-state index contributed by atoms with van der Waals surface area (Å²) in [4.78, 5) is 12.4. The average molecular weight is 353 g/mol. The summed E-state index contributed by atoms with van der Waals surface area (Å²) in [5.74, 6) is 0.109. The highest BCUT2D eigenvalue weighted by Gasteiger charge is 2.40. The van der Waals surface area contributed by atoms with Crippen LogP contribution in [0.1, 0.15) is 31.2 Å². The molecule has 1 unspecified atom stereocenters. The lowest BCUT2D eigenvalue weighted by Crippen LogP contribution is -2.53. The van der Waals surface area contributed by atoms with Crippen molar-refractivity contribution in [2.75, 3.05) is 19.8 Å². The third kappa shape index (κ3) is 3.47. The number of ether oxygens (including phenoxy) is 1. The number of benzene rings is 1. The summed E-state index contributed by atoms with van der Waals surface area (Å²) < 4.78 is 6.46. The normalized spacial score (nSPS) is 24.1. The van der Waals surface area contributed by atoms with Gasteiger partial charge in [0, 0.05) is 23.5 Å². The maximum Gasteiger partial charge on any atom is 0.222 e. The molecule has 1 saturated heterocycles. The molecule has 0 aromatic heterocycles. The monoisotopic (exact) mass is 352 g/mol. The zero-order valence-electron chi connectivity index (χ0n) is 12.0. The Kier molecular flexibility index (Phi) is 4.62. The number of nitrogens with one attached hydrogen (secondary N) is 2. The van der Waals surface area contributed by atoms with Crippen molar-refractivity contribution in [1.82, 2.24) is 10.6 Å². The Balaban J connectivity index is 1.65. The van der Waals surface area contributed by atoms with Crippen LogP contribution in [-0.4, -0.2) is 31.7 Å². The maximum absolute atomic E-state index is 12.4. The molecule has 114 valence electrons. The second-order valence-electron chi connectivity index (χ2n) is 5.92. The molecule has 1 aliphatic carbocycles. The van der Waals surface area contributed by atoms with E-state index < -0.39 is 0 Å². The van der Waals surface area contributed by atoms with Crippen molar-refractivity contribution >= 4 is 21.8 Å². The molecular weight excluding hydrogens is 332 g/mol. The van der Waals surface area contributed by atoms with Crippen LogP contribution in [0.25, 0.3) is 0 Å². The van der Waals surface area contributed by atoms with Gasteiger partial charge in [0.25, 0.3) is 0 Å². The van der Waals surface area contributed by atoms with Gasteiger partial charge in [-0.1, -0.05) is 28.1 Å². The van der Waals surface area contributed by atoms with Crippen LogP contribution in [-0.2, 0) is 15.1 Å². The first-order valence-electron chi connectivity index (χ1n) is 7.56. The minimum Gasteiger partial charge on any atom is -0.378 e. The van der Waals surface area contributed by atoms with E-state index in [0.717, 1.165) is 36.9 Å². The van der Waals surface area contributed by atoms with Crippen molar-refractivity contribution < 1.29 is 9.53 Å². The highest BCUT2D eigenvalue weighted by Crippen LogP contribution is 2.42. The standard InChI is InChI=1S/C16H21BrN2O2/c17-13-4-1-3-12(9-13)16(5-2-6-16)19-15(20)10-14-11-21-8-7-18-14/h1,3-4,9,14,18H,2,5-8,10-11H2,(H,19,20). The van der Waals surface area contributed by atoms with Gasteiger partial charge >= 0.3 is 0 Å². The summed E-state index contributed by atoms with van der Waals surface area (Å²) >= 11 is 3.51. The molecule has 1 atom stereocenters. The maximum atomic E-state index is 12.4. The van der Waals surface area contributed by atoms with E-state index in [-0.39, 0.29) is 17.5 Å². The molecule has 1 aliphatic heterocycles. The van der Waals surface area contributed by atoms with Gasteiger partial charge in [-0.3, -0.25) is 4.79 Å². The van der Waals surface area contributed by atoms with Gasteiger partial charge in [-0.15, -0.1) is 0 Å². The zero-order valence-corrected chi connectivity index (χ0v) is 13.6. The number of rotatable bonds is 4. The lowest BCUT2D eigenvalue weighted by Gasteiger charge is -2.43. The molecule has 1 heterocycles. The molecule has 2 fully saturated rings. The van der Waals surface area contributed by atoms with E-state index >= 15 is 0 Å². The van der Waals surface area contributed by atoms with Crippen LogP contribution < -0.4 is 10.6 Å². The van der Waals surface area contributed by atoms with Gasteiger partial charge in [-0.05, 0) is 37.0 Å². The van der Waals surface area contributed by atoms with E-state index in [1.807, 2.05) is 12.1 Å². The third-order valence-corrected chi connectivity index (χ3v) is 4.89. The Labute approximate surface area is 133 Å². The van der Waals surface area contributed by atoms with Crippen molar-refractivity contribution in [3.63, 3.8) is 0 Å². The molecule has 3 rings (SSSR count). The van der Waals surface area contributed by atoms with Crippen molar-refractivity contribution in [2.45, 2.75) is 37.3 Å². The van der Waals surface area contributed by atoms with Gasteiger partial charge in [0.1, 0.15) is 0 Å². The molecule has 2 N–H and O–H groups in total. The number of carbonyl (C=O) groups is 1. The Hall–Kier alpha value is -0.910. The summed E-state index contributed by atoms with van der Waals surface area (Å²) in [5.41, 5.74) is 1.03. The fourth-order valence-corrected chi connectivity index (χ4v) is 3.49. The van der Waals surface area contributed by atoms with Crippen molar-refractivity contribution in [1.29, 1.82) is 0 Å². The fourth-order valence-electron chi connectivity index (χ4n) is 3.09. The summed E-state index contributed by atoms with van der Waals surface area (Å²) in [7, 11) is 0. The number of hydrogen-bond acceptors (Lipinski definition) is 3. The molecular formula is C16H21BrN2O2. The van der Waals surface area contributed by atoms with Crippen molar-refractivity contribution in [3.05, 3.63) is 34.3 Å². The van der Waals surface area contributed by atoms with Crippen molar-refractivity contribution in [2.24, 2.45) is 0 Å². The third-order valence-electron chi connectivity index (χ3n) is 4.39. The van der Waals surface area contributed by atoms with Gasteiger partial charge < -0.3 is 15.4 Å². The van der Waals surface area contributed by atoms with Crippen LogP contribution in [0.15, 0.2) is 28.7 Å². The lowest BCUT2D eigenvalue weighted by atomic mass is 9.71. The van der Waals surface area contributed by atoms with Crippen LogP contribution in [0.5, 0.6) is 0 Å². The van der Waals surface area contributed by atoms with Gasteiger partial charge in [0.15, 0.2) is 0 Å². The largest absolute Gasteiger partial charge is 0.378 e. The van der Waals surface area contributed by atoms with Crippen LogP contribution in [0.2, 0.25) is 0 Å². The van der Waals surface area contributed by atoms with E-state index in [9.17, 15) is 4.79 Å². The van der Waals surface area contributed by atoms with Gasteiger partial charge in [-0.2, -0.15) is 0 Å². The molecule has 0 spiro atoms. The van der Waals surface area contributed by atoms with Crippen LogP contribution in [0.3, 0.4) is 0 Å². The Morgan fingerprint density at radius 2 is 2.33 bits per heavy atom. The van der Waals surface area contributed by atoms with Gasteiger partial charge in [-0.25, -0.2) is 0 Å². The first-order valence-corrected chi connectivity index (χ1v) is 8.35. The van der Waals surface area contributed by atoms with Crippen LogP contribution >= 0.6 is 15.9 Å². The quantitative estimate of drug-likeness (QED) is 0.874. The predicted molar refractivity (Wildman–Crippen MR) is 85.0 cm³/mol. The van der Waals surface area contributed by atoms with Gasteiger partial charge in [0.05, 0.1) is 18.8 Å². The van der Waals surface area contributed by atoms with E-state index in [4.69, 9.17) is 4.74 Å². The van der Waals surface area contributed by atoms with Crippen LogP contribution in [0.4, 0.5) is 0 Å². The van der Waals surface area contributed by atoms with Crippen molar-refractivity contribution in [3.8, 4) is 0 Å². The lowest BCUT2D eigenvalue weighted by molar-refractivity contribution is -0.125. The molecule has 5 heteroatoms. The number of morpholine rings is 1. The first-order chi connectivity index (χ1) is 10.2. The second-order valence-corrected chi connectivity index (χ2v) is 6.84. The highest BCUT2D eigenvalue weighted by atomic mass is 79.9. The number of hydrogen-bond donors (Lipinski definition) is 2. The SMILES string of the molecule is O=C(CC1COCCN1)NC1(c2cccc(Br)c2)CCC1. The molecule has 2 aliphatic rings. The van der Waals surface area contributed by atoms with E-state index in [2.05, 4.69) is 38.7 Å². The molecule has 4 nitrogen and oxygen atoms in total. The molecule has 1 saturated carbocycles. The number of amides is 1. The smallest absolute Gasteiger partial charge is 0.222 e. The Morgan fingerprint density at radius 1 is 1.48 bits per heavy atom. The molecule has 1 aromatic rings. The summed E-state index contributed by atoms with van der Waals surface area (Å²) in [6.07, 6.45) is 3.68. The minimum absolute atomic E-state index is 0.109. The molecule has 1 amide bonds. The Bertz CT molecular complexity index is 511. The molecule has 0 radical (unpaired) electrons. The average Bonchev–Trinajstić information content (AvgIpc) is 2.44. The summed E-state index contributed by atoms with van der Waals surface area (Å²) in [6.45, 7) is 2.19. The van der Waals surface area contributed by atoms with Crippen LogP contribution in [0, 0.1) is 0 Å². The topological polar surface area (TPSA) is 50.4 Å². The number of halogens is 1. The fraction of sp³-hybridized carbons (Fsp3) is 0.562. The predicted octanol–water partition coefficient (Wildman–Crippen LogP) is 2.32. The second kappa shape index (κ2) is 6.46. The van der Waals surface area contributed by atoms with E-state index in [1.54, 1.807) is 0 Å². The summed E-state index contributed by atoms with van der Waals surface area (Å²) in [5, 5.41) is 6.59. The zero-order chi connectivity index (χ0) is 14.7. The van der Waals surface area contributed by atoms with E-state index in [0.29, 0.717) is 13.0 Å². The Morgan fingerprint density at radius 3 is 2.95 bits per heavy atom. The molecule has 0 bridgehead atoms. The number of carbonyl (C=O) groups excluding carboxylic acids is 1. The minimum atomic E-state index is -0.170. The van der Waals surface area contributed by atoms with Gasteiger partial charge in [0.2, 0.25) is 5.91 Å². The first kappa shape index (κ1) is 15.0.